The molecular formula is C63H80F4N6O7. The van der Waals surface area contributed by atoms with Gasteiger partial charge in [0.1, 0.15) is 23.3 Å². The van der Waals surface area contributed by atoms with Gasteiger partial charge in [0.2, 0.25) is 5.75 Å². The maximum atomic E-state index is 13.5. The Kier molecular flexibility index (Phi) is 24.0. The minimum Gasteiger partial charge on any atom is -0.493 e. The zero-order valence-corrected chi connectivity index (χ0v) is 46.9. The molecule has 6 aromatic carbocycles. The molecule has 17 heteroatoms. The number of hydrogen-bond acceptors (Lipinski definition) is 13. The Labute approximate surface area is 470 Å². The van der Waals surface area contributed by atoms with Gasteiger partial charge in [-0.15, -0.1) is 0 Å². The van der Waals surface area contributed by atoms with E-state index in [4.69, 9.17) is 23.7 Å². The lowest BCUT2D eigenvalue weighted by molar-refractivity contribution is 0.0774. The van der Waals surface area contributed by atoms with E-state index in [2.05, 4.69) is 30.2 Å². The predicted octanol–water partition coefficient (Wildman–Crippen LogP) is 9.98. The number of methoxy groups -OCH3 is 5. The normalized spacial score (nSPS) is 15.2. The smallest absolute Gasteiger partial charge is 0.205 e. The van der Waals surface area contributed by atoms with Crippen LogP contribution in [-0.2, 0) is 0 Å². The summed E-state index contributed by atoms with van der Waals surface area (Å²) >= 11 is 0. The zero-order chi connectivity index (χ0) is 56.8. The van der Waals surface area contributed by atoms with Crippen molar-refractivity contribution in [2.75, 3.05) is 138 Å². The third-order valence-corrected chi connectivity index (χ3v) is 15.0. The van der Waals surface area contributed by atoms with Gasteiger partial charge in [-0.05, 0) is 134 Å². The quantitative estimate of drug-likeness (QED) is 0.0367. The van der Waals surface area contributed by atoms with Crippen molar-refractivity contribution in [1.29, 1.82) is 0 Å². The van der Waals surface area contributed by atoms with Gasteiger partial charge in [-0.3, -0.25) is 9.80 Å². The van der Waals surface area contributed by atoms with Crippen LogP contribution in [-0.4, -0.2) is 169 Å². The Bertz CT molecular complexity index is 2660. The first-order valence-electron chi connectivity index (χ1n) is 27.6. The number of nitrogens with one attached hydrogen (secondary N) is 2. The van der Waals surface area contributed by atoms with Gasteiger partial charge < -0.3 is 54.3 Å². The molecule has 8 rings (SSSR count). The second kappa shape index (κ2) is 31.4. The summed E-state index contributed by atoms with van der Waals surface area (Å²) in [6.45, 7) is 11.3. The Morgan fingerprint density at radius 1 is 0.412 bits per heavy atom. The van der Waals surface area contributed by atoms with Crippen molar-refractivity contribution in [3.05, 3.63) is 173 Å². The first-order chi connectivity index (χ1) is 38.9. The molecule has 80 heavy (non-hydrogen) atoms. The van der Waals surface area contributed by atoms with E-state index in [1.54, 1.807) is 41.6 Å². The average Bonchev–Trinajstić information content (AvgIpc) is 3.50. The van der Waals surface area contributed by atoms with Crippen molar-refractivity contribution >= 4 is 11.4 Å². The topological polar surface area (TPSA) is 124 Å². The number of aliphatic hydroxyl groups excluding tert-OH is 2. The number of hydrogen-bond donors (Lipinski definition) is 4. The lowest BCUT2D eigenvalue weighted by Crippen LogP contribution is -2.49. The van der Waals surface area contributed by atoms with Crippen molar-refractivity contribution < 1.29 is 51.5 Å². The van der Waals surface area contributed by atoms with E-state index in [1.807, 2.05) is 72.8 Å². The van der Waals surface area contributed by atoms with E-state index in [-0.39, 0.29) is 35.1 Å². The Morgan fingerprint density at radius 3 is 1.15 bits per heavy atom. The molecule has 6 aromatic rings. The minimum absolute atomic E-state index is 0.0874. The number of ether oxygens (including phenoxy) is 5. The number of piperazine rings is 2. The van der Waals surface area contributed by atoms with Gasteiger partial charge in [0.25, 0.3) is 0 Å². The molecule has 0 amide bonds. The van der Waals surface area contributed by atoms with Crippen molar-refractivity contribution in [2.24, 2.45) is 0 Å². The Balaban J connectivity index is 0.000000231. The van der Waals surface area contributed by atoms with Crippen molar-refractivity contribution in [1.82, 2.24) is 19.6 Å². The van der Waals surface area contributed by atoms with Crippen LogP contribution >= 0.6 is 0 Å². The van der Waals surface area contributed by atoms with Gasteiger partial charge in [-0.25, -0.2) is 17.6 Å². The molecule has 432 valence electrons. The summed E-state index contributed by atoms with van der Waals surface area (Å²) in [7, 11) is 7.92. The molecule has 0 aliphatic carbocycles. The number of aliphatic hydroxyl groups is 2. The lowest BCUT2D eigenvalue weighted by atomic mass is 9.87. The van der Waals surface area contributed by atoms with Gasteiger partial charge in [0.05, 0.1) is 53.4 Å². The van der Waals surface area contributed by atoms with Crippen LogP contribution in [0.15, 0.2) is 127 Å². The number of halogens is 4. The summed E-state index contributed by atoms with van der Waals surface area (Å²) in [4.78, 5) is 9.49. The molecule has 4 N–H and O–H groups in total. The molecule has 2 unspecified atom stereocenters. The highest BCUT2D eigenvalue weighted by molar-refractivity contribution is 5.68. The van der Waals surface area contributed by atoms with E-state index in [0.717, 1.165) is 125 Å². The Hall–Kier alpha value is -6.60. The predicted molar refractivity (Wildman–Crippen MR) is 308 cm³/mol. The molecule has 2 saturated heterocycles. The summed E-state index contributed by atoms with van der Waals surface area (Å²) < 4.78 is 80.9. The number of β-amino-alcohol motifs (C(OH)–C–C–N with tert-alkyl or cyclic N) is 2. The van der Waals surface area contributed by atoms with Crippen LogP contribution < -0.4 is 34.3 Å². The van der Waals surface area contributed by atoms with Crippen LogP contribution in [0.5, 0.6) is 28.7 Å². The van der Waals surface area contributed by atoms with E-state index in [0.29, 0.717) is 54.9 Å². The van der Waals surface area contributed by atoms with Crippen molar-refractivity contribution in [3.63, 3.8) is 0 Å². The number of benzene rings is 6. The van der Waals surface area contributed by atoms with Crippen LogP contribution in [0, 0.1) is 23.3 Å². The van der Waals surface area contributed by atoms with E-state index < -0.39 is 12.2 Å². The molecule has 2 fully saturated rings. The molecule has 0 aromatic heterocycles. The number of rotatable bonds is 27. The molecule has 2 aliphatic rings. The molecule has 13 nitrogen and oxygen atoms in total. The third-order valence-electron chi connectivity index (χ3n) is 15.0. The third kappa shape index (κ3) is 18.2. The van der Waals surface area contributed by atoms with E-state index in [9.17, 15) is 27.8 Å². The molecular weight excluding hydrogens is 1030 g/mol. The largest absolute Gasteiger partial charge is 0.493 e. The SMILES string of the molecule is COc1ccc(NCC(O)CN2CCN(CCCC(c3ccc(F)cc3)c3ccc(F)cc3)CC2)c(OC)c1OC.COc1ccc(NCC(O)CN2CCN(CCCC(c3ccc(F)cc3)c3ccc(F)cc3)CC2)cc1OC. The summed E-state index contributed by atoms with van der Waals surface area (Å²) in [5, 5.41) is 27.8. The van der Waals surface area contributed by atoms with Gasteiger partial charge in [-0.1, -0.05) is 48.5 Å². The number of nitrogens with zero attached hydrogens (tertiary/aromatic N) is 4. The zero-order valence-electron chi connectivity index (χ0n) is 46.9. The second-order valence-electron chi connectivity index (χ2n) is 20.4. The standard InChI is InChI=1S/C32H41F2N3O4.C31H39F2N3O3/c1-39-30-15-14-29(31(40-2)32(30)41-3)35-21-27(38)22-37-19-17-36(18-20-37)16-4-5-28(23-6-10-25(33)11-7-23)24-8-12-26(34)13-9-24;1-38-30-14-13-27(20-31(30)39-2)34-21-28(37)22-36-18-16-35(17-19-36)15-3-4-29(23-5-9-25(32)10-6-23)24-7-11-26(33)12-8-24/h6-15,27-28,35,38H,4-5,16-22H2,1-3H3;5-14,20,28-29,34,37H,3-4,15-19,21-22H2,1-2H3. The average molecular weight is 1110 g/mol. The maximum Gasteiger partial charge on any atom is 0.205 e. The fourth-order valence-corrected chi connectivity index (χ4v) is 10.6. The molecule has 0 radical (unpaired) electrons. The van der Waals surface area contributed by atoms with Gasteiger partial charge in [0.15, 0.2) is 23.0 Å². The summed E-state index contributed by atoms with van der Waals surface area (Å²) in [5.41, 5.74) is 5.77. The van der Waals surface area contributed by atoms with Gasteiger partial charge in [-0.2, -0.15) is 0 Å². The van der Waals surface area contributed by atoms with Crippen LogP contribution in [0.2, 0.25) is 0 Å². The highest BCUT2D eigenvalue weighted by Crippen LogP contribution is 2.42. The molecule has 0 saturated carbocycles. The number of anilines is 2. The summed E-state index contributed by atoms with van der Waals surface area (Å²) in [5.74, 6) is 2.10. The van der Waals surface area contributed by atoms with Gasteiger partial charge in [0, 0.05) is 102 Å². The molecule has 2 atom stereocenters. The molecule has 0 spiro atoms. The fraction of sp³-hybridized carbons (Fsp3) is 0.429. The van der Waals surface area contributed by atoms with Crippen LogP contribution in [0.1, 0.15) is 59.8 Å². The summed E-state index contributed by atoms with van der Waals surface area (Å²) in [6, 6.07) is 35.8. The maximum absolute atomic E-state index is 13.5. The highest BCUT2D eigenvalue weighted by Gasteiger charge is 2.24. The first-order valence-corrected chi connectivity index (χ1v) is 27.6. The molecule has 0 bridgehead atoms. The van der Waals surface area contributed by atoms with Gasteiger partial charge >= 0.3 is 0 Å². The Morgan fingerprint density at radius 2 is 0.775 bits per heavy atom. The van der Waals surface area contributed by atoms with Crippen LogP contribution in [0.25, 0.3) is 0 Å². The monoisotopic (exact) mass is 1110 g/mol. The van der Waals surface area contributed by atoms with Crippen LogP contribution in [0.3, 0.4) is 0 Å². The first kappa shape index (κ1) is 61.0. The van der Waals surface area contributed by atoms with E-state index >= 15 is 0 Å². The fourth-order valence-electron chi connectivity index (χ4n) is 10.6. The van der Waals surface area contributed by atoms with Crippen molar-refractivity contribution in [2.45, 2.75) is 49.7 Å². The lowest BCUT2D eigenvalue weighted by Gasteiger charge is -2.36. The molecule has 2 heterocycles. The van der Waals surface area contributed by atoms with E-state index in [1.165, 1.54) is 48.5 Å². The summed E-state index contributed by atoms with van der Waals surface area (Å²) in [6.07, 6.45) is 2.71. The highest BCUT2D eigenvalue weighted by atomic mass is 19.1. The molecule has 2 aliphatic heterocycles. The van der Waals surface area contributed by atoms with Crippen LogP contribution in [0.4, 0.5) is 28.9 Å². The second-order valence-corrected chi connectivity index (χ2v) is 20.4. The minimum atomic E-state index is -0.550. The van der Waals surface area contributed by atoms with Crippen molar-refractivity contribution in [3.8, 4) is 28.7 Å².